The number of halogens is 1. The second-order valence-electron chi connectivity index (χ2n) is 6.57. The Morgan fingerprint density at radius 1 is 0.864 bits per heavy atom. The minimum absolute atomic E-state index is 0.0651. The van der Waals surface area contributed by atoms with E-state index >= 15 is 0 Å². The molecule has 1 fully saturated rings. The average Bonchev–Trinajstić information content (AvgIpc) is 2.57. The van der Waals surface area contributed by atoms with Crippen LogP contribution in [0.2, 0.25) is 0 Å². The second kappa shape index (κ2) is 6.15. The van der Waals surface area contributed by atoms with Crippen LogP contribution in [-0.2, 0) is 15.3 Å². The fourth-order valence-electron chi connectivity index (χ4n) is 2.58. The molecule has 0 unspecified atom stereocenters. The Morgan fingerprint density at radius 2 is 1.41 bits per heavy atom. The number of ether oxygens (including phenoxy) is 2. The van der Waals surface area contributed by atoms with E-state index in [0.29, 0.717) is 18.5 Å². The van der Waals surface area contributed by atoms with E-state index < -0.39 is 5.79 Å². The van der Waals surface area contributed by atoms with Crippen LogP contribution in [0.1, 0.15) is 19.4 Å². The molecule has 0 spiro atoms. The predicted octanol–water partition coefficient (Wildman–Crippen LogP) is 4.97. The lowest BCUT2D eigenvalue weighted by molar-refractivity contribution is -0.294. The maximum atomic E-state index is 6.09. The largest absolute Gasteiger partial charge is 0.345 e. The van der Waals surface area contributed by atoms with Crippen molar-refractivity contribution in [2.24, 2.45) is 5.41 Å². The maximum absolute atomic E-state index is 6.09. The third kappa shape index (κ3) is 3.12. The van der Waals surface area contributed by atoms with E-state index in [4.69, 9.17) is 9.47 Å². The minimum Gasteiger partial charge on any atom is -0.345 e. The standard InChI is InChI=1S/C19H21BrO2/c1-18(2)13-21-19(12-20,22-14-18)17-10-8-16(9-11-17)15-6-4-3-5-7-15/h3-11H,12-14H2,1-2H3. The van der Waals surface area contributed by atoms with E-state index in [-0.39, 0.29) is 5.41 Å². The topological polar surface area (TPSA) is 18.5 Å². The van der Waals surface area contributed by atoms with Crippen molar-refractivity contribution in [3.05, 3.63) is 60.2 Å². The van der Waals surface area contributed by atoms with Gasteiger partial charge in [0.2, 0.25) is 5.79 Å². The van der Waals surface area contributed by atoms with Crippen LogP contribution < -0.4 is 0 Å². The Morgan fingerprint density at radius 3 is 1.95 bits per heavy atom. The van der Waals surface area contributed by atoms with Gasteiger partial charge < -0.3 is 9.47 Å². The zero-order chi connectivity index (χ0) is 15.6. The highest BCUT2D eigenvalue weighted by molar-refractivity contribution is 9.09. The Labute approximate surface area is 140 Å². The molecule has 2 nitrogen and oxygen atoms in total. The Hall–Kier alpha value is -1.16. The lowest BCUT2D eigenvalue weighted by atomic mass is 9.93. The minimum atomic E-state index is -0.676. The Kier molecular flexibility index (Phi) is 4.40. The second-order valence-corrected chi connectivity index (χ2v) is 7.13. The first-order valence-corrected chi connectivity index (χ1v) is 8.67. The van der Waals surface area contributed by atoms with Crippen LogP contribution in [0.5, 0.6) is 0 Å². The van der Waals surface area contributed by atoms with Gasteiger partial charge in [0, 0.05) is 11.0 Å². The quantitative estimate of drug-likeness (QED) is 0.719. The Bertz CT molecular complexity index is 610. The van der Waals surface area contributed by atoms with E-state index in [1.807, 2.05) is 6.07 Å². The molecule has 1 aliphatic heterocycles. The number of hydrogen-bond acceptors (Lipinski definition) is 2. The summed E-state index contributed by atoms with van der Waals surface area (Å²) in [7, 11) is 0. The van der Waals surface area contributed by atoms with Crippen LogP contribution in [0.15, 0.2) is 54.6 Å². The molecule has 0 amide bonds. The summed E-state index contributed by atoms with van der Waals surface area (Å²) in [5.41, 5.74) is 3.54. The number of hydrogen-bond donors (Lipinski definition) is 0. The van der Waals surface area contributed by atoms with Gasteiger partial charge in [-0.2, -0.15) is 0 Å². The van der Waals surface area contributed by atoms with Crippen molar-refractivity contribution in [3.8, 4) is 11.1 Å². The van der Waals surface area contributed by atoms with Gasteiger partial charge in [-0.15, -0.1) is 0 Å². The molecule has 2 aromatic rings. The zero-order valence-corrected chi connectivity index (χ0v) is 14.6. The van der Waals surface area contributed by atoms with E-state index in [9.17, 15) is 0 Å². The van der Waals surface area contributed by atoms with Gasteiger partial charge >= 0.3 is 0 Å². The van der Waals surface area contributed by atoms with Crippen LogP contribution >= 0.6 is 15.9 Å². The normalized spacial score (nSPS) is 19.8. The predicted molar refractivity (Wildman–Crippen MR) is 93.0 cm³/mol. The van der Waals surface area contributed by atoms with Crippen molar-refractivity contribution >= 4 is 15.9 Å². The Balaban J connectivity index is 1.85. The van der Waals surface area contributed by atoms with Gasteiger partial charge in [-0.1, -0.05) is 84.4 Å². The highest BCUT2D eigenvalue weighted by atomic mass is 79.9. The van der Waals surface area contributed by atoms with Crippen molar-refractivity contribution in [1.29, 1.82) is 0 Å². The summed E-state index contributed by atoms with van der Waals surface area (Å²) in [4.78, 5) is 0. The van der Waals surface area contributed by atoms with Crippen molar-refractivity contribution in [2.75, 3.05) is 18.5 Å². The third-order valence-electron chi connectivity index (χ3n) is 4.00. The summed E-state index contributed by atoms with van der Waals surface area (Å²) in [5.74, 6) is -0.676. The van der Waals surface area contributed by atoms with Gasteiger partial charge in [-0.25, -0.2) is 0 Å². The van der Waals surface area contributed by atoms with E-state index in [1.165, 1.54) is 11.1 Å². The summed E-state index contributed by atoms with van der Waals surface area (Å²) in [6, 6.07) is 18.8. The van der Waals surface area contributed by atoms with Crippen molar-refractivity contribution in [1.82, 2.24) is 0 Å². The van der Waals surface area contributed by atoms with Gasteiger partial charge in [-0.3, -0.25) is 0 Å². The highest BCUT2D eigenvalue weighted by Gasteiger charge is 2.41. The molecule has 0 saturated carbocycles. The van der Waals surface area contributed by atoms with Gasteiger partial charge in [-0.05, 0) is 11.1 Å². The first kappa shape index (κ1) is 15.7. The molecule has 3 rings (SSSR count). The fraction of sp³-hybridized carbons (Fsp3) is 0.368. The van der Waals surface area contributed by atoms with Crippen molar-refractivity contribution in [2.45, 2.75) is 19.6 Å². The molecular weight excluding hydrogens is 340 g/mol. The highest BCUT2D eigenvalue weighted by Crippen LogP contribution is 2.38. The first-order valence-electron chi connectivity index (χ1n) is 7.55. The monoisotopic (exact) mass is 360 g/mol. The smallest absolute Gasteiger partial charge is 0.204 e. The number of alkyl halides is 1. The molecule has 0 aromatic heterocycles. The van der Waals surface area contributed by atoms with Gasteiger partial charge in [0.05, 0.1) is 18.5 Å². The van der Waals surface area contributed by atoms with Gasteiger partial charge in [0.25, 0.3) is 0 Å². The molecular formula is C19H21BrO2. The van der Waals surface area contributed by atoms with E-state index in [1.54, 1.807) is 0 Å². The fourth-order valence-corrected chi connectivity index (χ4v) is 3.22. The molecule has 1 saturated heterocycles. The summed E-state index contributed by atoms with van der Waals surface area (Å²) < 4.78 is 12.2. The van der Waals surface area contributed by atoms with Gasteiger partial charge in [0.1, 0.15) is 0 Å². The summed E-state index contributed by atoms with van der Waals surface area (Å²) >= 11 is 3.56. The molecule has 0 bridgehead atoms. The van der Waals surface area contributed by atoms with Crippen LogP contribution in [0.3, 0.4) is 0 Å². The van der Waals surface area contributed by atoms with E-state index in [2.05, 4.69) is 78.3 Å². The van der Waals surface area contributed by atoms with Crippen molar-refractivity contribution in [3.63, 3.8) is 0 Å². The summed E-state index contributed by atoms with van der Waals surface area (Å²) in [5, 5.41) is 0.626. The van der Waals surface area contributed by atoms with Crippen LogP contribution in [0, 0.1) is 5.41 Å². The average molecular weight is 361 g/mol. The summed E-state index contributed by atoms with van der Waals surface area (Å²) in [6.45, 7) is 5.70. The number of benzene rings is 2. The lowest BCUT2D eigenvalue weighted by Gasteiger charge is -2.42. The molecule has 22 heavy (non-hydrogen) atoms. The molecule has 3 heteroatoms. The van der Waals surface area contributed by atoms with Gasteiger partial charge in [0.15, 0.2) is 0 Å². The van der Waals surface area contributed by atoms with Crippen LogP contribution in [0.25, 0.3) is 11.1 Å². The maximum Gasteiger partial charge on any atom is 0.204 e. The third-order valence-corrected chi connectivity index (χ3v) is 4.74. The van der Waals surface area contributed by atoms with E-state index in [0.717, 1.165) is 5.56 Å². The zero-order valence-electron chi connectivity index (χ0n) is 13.0. The molecule has 116 valence electrons. The molecule has 1 heterocycles. The molecule has 0 atom stereocenters. The van der Waals surface area contributed by atoms with Crippen LogP contribution in [-0.4, -0.2) is 18.5 Å². The molecule has 0 N–H and O–H groups in total. The molecule has 0 aliphatic carbocycles. The molecule has 1 aliphatic rings. The SMILES string of the molecule is CC1(C)COC(CBr)(c2ccc(-c3ccccc3)cc2)OC1. The molecule has 2 aromatic carbocycles. The first-order chi connectivity index (χ1) is 10.5. The van der Waals surface area contributed by atoms with Crippen molar-refractivity contribution < 1.29 is 9.47 Å². The van der Waals surface area contributed by atoms with Crippen LogP contribution in [0.4, 0.5) is 0 Å². The lowest BCUT2D eigenvalue weighted by Crippen LogP contribution is -2.46. The summed E-state index contributed by atoms with van der Waals surface area (Å²) in [6.07, 6.45) is 0. The number of rotatable bonds is 3. The molecule has 0 radical (unpaired) electrons.